The van der Waals surface area contributed by atoms with Crippen molar-refractivity contribution < 1.29 is 14.2 Å². The van der Waals surface area contributed by atoms with Crippen molar-refractivity contribution in [1.29, 1.82) is 0 Å². The van der Waals surface area contributed by atoms with Crippen LogP contribution in [0.1, 0.15) is 75.2 Å². The smallest absolute Gasteiger partial charge is 0.270 e. The van der Waals surface area contributed by atoms with Crippen LogP contribution in [0.25, 0.3) is 0 Å². The minimum absolute atomic E-state index is 0.0153. The molecular weight excluding hydrogens is 412 g/mol. The molecule has 0 aliphatic carbocycles. The Bertz CT molecular complexity index is 659. The lowest BCUT2D eigenvalue weighted by Gasteiger charge is -2.50. The Balaban J connectivity index is 2.18. The van der Waals surface area contributed by atoms with Gasteiger partial charge in [-0.25, -0.2) is 0 Å². The van der Waals surface area contributed by atoms with Gasteiger partial charge in [0.1, 0.15) is 12.7 Å². The fourth-order valence-corrected chi connectivity index (χ4v) is 4.69. The fraction of sp³-hybridized carbons (Fsp3) is 0.913. The molecule has 7 nitrogen and oxygen atoms in total. The SMILES string of the molecule is CCC(C)(CC)N(C[C@@H](COc1nsnc1N1CCOCC1)OC(C)(C)C)C(C)(C)C. The molecular formula is C23H44N4O3S. The van der Waals surface area contributed by atoms with Crippen molar-refractivity contribution in [2.75, 3.05) is 44.4 Å². The summed E-state index contributed by atoms with van der Waals surface area (Å²) in [6.45, 7) is 24.3. The maximum Gasteiger partial charge on any atom is 0.270 e. The van der Waals surface area contributed by atoms with Crippen LogP contribution >= 0.6 is 11.7 Å². The second kappa shape index (κ2) is 10.8. The molecule has 0 aromatic carbocycles. The molecule has 8 heteroatoms. The van der Waals surface area contributed by atoms with E-state index in [1.165, 1.54) is 11.7 Å². The van der Waals surface area contributed by atoms with E-state index >= 15 is 0 Å². The Morgan fingerprint density at radius 2 is 1.65 bits per heavy atom. The summed E-state index contributed by atoms with van der Waals surface area (Å²) in [6, 6.07) is 0. The topological polar surface area (TPSA) is 60.0 Å². The van der Waals surface area contributed by atoms with E-state index in [2.05, 4.69) is 80.9 Å². The molecule has 1 aromatic heterocycles. The number of ether oxygens (including phenoxy) is 3. The van der Waals surface area contributed by atoms with Crippen molar-refractivity contribution in [2.24, 2.45) is 0 Å². The Labute approximate surface area is 193 Å². The molecule has 1 saturated heterocycles. The number of hydrogen-bond donors (Lipinski definition) is 0. The molecule has 180 valence electrons. The Hall–Kier alpha value is -0.960. The van der Waals surface area contributed by atoms with Crippen LogP contribution in [0.3, 0.4) is 0 Å². The van der Waals surface area contributed by atoms with E-state index in [9.17, 15) is 0 Å². The zero-order valence-electron chi connectivity index (χ0n) is 21.2. The molecule has 1 fully saturated rings. The molecule has 0 amide bonds. The van der Waals surface area contributed by atoms with Gasteiger partial charge in [0.2, 0.25) is 5.82 Å². The zero-order valence-corrected chi connectivity index (χ0v) is 22.0. The summed E-state index contributed by atoms with van der Waals surface area (Å²) in [5, 5.41) is 0. The molecule has 0 bridgehead atoms. The predicted molar refractivity (Wildman–Crippen MR) is 129 cm³/mol. The minimum atomic E-state index is -0.264. The van der Waals surface area contributed by atoms with Gasteiger partial charge in [0, 0.05) is 30.7 Å². The average molecular weight is 457 g/mol. The van der Waals surface area contributed by atoms with Gasteiger partial charge in [-0.15, -0.1) is 4.37 Å². The highest BCUT2D eigenvalue weighted by Crippen LogP contribution is 2.32. The van der Waals surface area contributed by atoms with Gasteiger partial charge in [-0.2, -0.15) is 4.37 Å². The van der Waals surface area contributed by atoms with Crippen LogP contribution in [0.5, 0.6) is 5.88 Å². The molecule has 1 atom stereocenters. The third kappa shape index (κ3) is 7.55. The molecule has 0 radical (unpaired) electrons. The normalized spacial score (nSPS) is 17.3. The monoisotopic (exact) mass is 456 g/mol. The van der Waals surface area contributed by atoms with E-state index in [0.717, 1.165) is 38.3 Å². The van der Waals surface area contributed by atoms with Crippen LogP contribution in [0, 0.1) is 0 Å². The molecule has 0 spiro atoms. The quantitative estimate of drug-likeness (QED) is 0.509. The first-order chi connectivity index (χ1) is 14.4. The zero-order chi connectivity index (χ0) is 23.3. The summed E-state index contributed by atoms with van der Waals surface area (Å²) >= 11 is 1.20. The van der Waals surface area contributed by atoms with Gasteiger partial charge in [-0.05, 0) is 61.3 Å². The molecule has 1 aromatic rings. The summed E-state index contributed by atoms with van der Waals surface area (Å²) in [5.41, 5.74) is -0.153. The van der Waals surface area contributed by atoms with Crippen LogP contribution in [-0.2, 0) is 9.47 Å². The van der Waals surface area contributed by atoms with Crippen LogP contribution in [0.2, 0.25) is 0 Å². The van der Waals surface area contributed by atoms with Crippen LogP contribution in [0.4, 0.5) is 5.82 Å². The molecule has 1 aliphatic heterocycles. The third-order valence-electron chi connectivity index (χ3n) is 6.05. The lowest BCUT2D eigenvalue weighted by atomic mass is 9.87. The lowest BCUT2D eigenvalue weighted by Crippen LogP contribution is -2.58. The number of morpholine rings is 1. The predicted octanol–water partition coefficient (Wildman–Crippen LogP) is 4.62. The van der Waals surface area contributed by atoms with Gasteiger partial charge in [0.25, 0.3) is 5.88 Å². The third-order valence-corrected chi connectivity index (χ3v) is 6.55. The molecule has 0 saturated carbocycles. The highest BCUT2D eigenvalue weighted by molar-refractivity contribution is 6.99. The van der Waals surface area contributed by atoms with E-state index in [1.54, 1.807) is 0 Å². The van der Waals surface area contributed by atoms with E-state index < -0.39 is 0 Å². The number of rotatable bonds is 10. The molecule has 2 rings (SSSR count). The van der Waals surface area contributed by atoms with Gasteiger partial charge in [-0.3, -0.25) is 4.90 Å². The van der Waals surface area contributed by atoms with Gasteiger partial charge in [0.05, 0.1) is 30.5 Å². The first-order valence-electron chi connectivity index (χ1n) is 11.6. The Kier molecular flexibility index (Phi) is 9.14. The second-order valence-electron chi connectivity index (χ2n) is 10.6. The summed E-state index contributed by atoms with van der Waals surface area (Å²) < 4.78 is 27.1. The van der Waals surface area contributed by atoms with Crippen molar-refractivity contribution in [3.05, 3.63) is 0 Å². The largest absolute Gasteiger partial charge is 0.472 e. The van der Waals surface area contributed by atoms with Gasteiger partial charge >= 0.3 is 0 Å². The number of anilines is 1. The van der Waals surface area contributed by atoms with Crippen molar-refractivity contribution in [3.63, 3.8) is 0 Å². The van der Waals surface area contributed by atoms with Crippen molar-refractivity contribution in [2.45, 2.75) is 97.9 Å². The van der Waals surface area contributed by atoms with Crippen molar-refractivity contribution in [1.82, 2.24) is 13.6 Å². The van der Waals surface area contributed by atoms with Crippen molar-refractivity contribution >= 4 is 17.5 Å². The summed E-state index contributed by atoms with van der Waals surface area (Å²) in [4.78, 5) is 4.77. The second-order valence-corrected chi connectivity index (χ2v) is 11.2. The first-order valence-corrected chi connectivity index (χ1v) is 12.4. The molecule has 1 aliphatic rings. The minimum Gasteiger partial charge on any atom is -0.472 e. The van der Waals surface area contributed by atoms with Crippen LogP contribution in [-0.4, -0.2) is 75.9 Å². The Morgan fingerprint density at radius 1 is 1.03 bits per heavy atom. The number of aromatic nitrogens is 2. The van der Waals surface area contributed by atoms with E-state index in [4.69, 9.17) is 14.2 Å². The molecule has 31 heavy (non-hydrogen) atoms. The fourth-order valence-electron chi connectivity index (χ4n) is 4.17. The molecule has 0 N–H and O–H groups in total. The first kappa shape index (κ1) is 26.3. The summed E-state index contributed by atoms with van der Waals surface area (Å²) in [7, 11) is 0. The molecule has 2 heterocycles. The maximum absolute atomic E-state index is 6.49. The maximum atomic E-state index is 6.49. The van der Waals surface area contributed by atoms with Crippen LogP contribution in [0.15, 0.2) is 0 Å². The van der Waals surface area contributed by atoms with Gasteiger partial charge in [0.15, 0.2) is 0 Å². The van der Waals surface area contributed by atoms with Crippen molar-refractivity contribution in [3.8, 4) is 5.88 Å². The summed E-state index contributed by atoms with van der Waals surface area (Å²) in [6.07, 6.45) is 2.08. The van der Waals surface area contributed by atoms with E-state index in [0.29, 0.717) is 25.7 Å². The lowest BCUT2D eigenvalue weighted by molar-refractivity contribution is -0.113. The van der Waals surface area contributed by atoms with Crippen LogP contribution < -0.4 is 9.64 Å². The van der Waals surface area contributed by atoms with Gasteiger partial charge in [-0.1, -0.05) is 13.8 Å². The highest BCUT2D eigenvalue weighted by atomic mass is 32.1. The average Bonchev–Trinajstić information content (AvgIpc) is 3.17. The van der Waals surface area contributed by atoms with Gasteiger partial charge < -0.3 is 19.1 Å². The molecule has 0 unspecified atom stereocenters. The highest BCUT2D eigenvalue weighted by Gasteiger charge is 2.38. The summed E-state index contributed by atoms with van der Waals surface area (Å²) in [5.74, 6) is 1.42. The Morgan fingerprint density at radius 3 is 2.16 bits per heavy atom. The van der Waals surface area contributed by atoms with E-state index in [-0.39, 0.29) is 22.8 Å². The van der Waals surface area contributed by atoms with E-state index in [1.807, 2.05) is 0 Å². The number of hydrogen-bond acceptors (Lipinski definition) is 8. The number of nitrogens with zero attached hydrogens (tertiary/aromatic N) is 4. The standard InChI is InChI=1S/C23H44N4O3S/c1-10-23(9,11-2)27(21(3,4)5)16-18(30-22(6,7)8)17-29-20-19(24-31-25-20)26-12-14-28-15-13-26/h18H,10-17H2,1-9H3/t18-/m0/s1.